The molecule has 6 heteroatoms. The fourth-order valence-electron chi connectivity index (χ4n) is 2.70. The number of carbonyl (C=O) groups excluding carboxylic acids is 2. The Morgan fingerprint density at radius 1 is 1.32 bits per heavy atom. The number of allylic oxidation sites excluding steroid dienone is 2. The van der Waals surface area contributed by atoms with Crippen molar-refractivity contribution in [1.29, 1.82) is 0 Å². The average Bonchev–Trinajstić information content (AvgIpc) is 2.45. The van der Waals surface area contributed by atoms with E-state index in [9.17, 15) is 9.59 Å². The Balaban J connectivity index is 2.50. The lowest BCUT2D eigenvalue weighted by molar-refractivity contribution is -0.158. The number of rotatable bonds is 3. The van der Waals surface area contributed by atoms with Gasteiger partial charge in [-0.1, -0.05) is 0 Å². The number of methoxy groups -OCH3 is 3. The predicted octanol–water partition coefficient (Wildman–Crippen LogP) is 0.704. The van der Waals surface area contributed by atoms with Crippen LogP contribution in [0.5, 0.6) is 0 Å². The minimum absolute atomic E-state index is 0.211. The fraction of sp³-hybridized carbons (Fsp3) is 0.538. The molecule has 1 aliphatic heterocycles. The third-order valence-corrected chi connectivity index (χ3v) is 3.76. The fourth-order valence-corrected chi connectivity index (χ4v) is 2.70. The number of ether oxygens (including phenoxy) is 3. The molecule has 2 rings (SSSR count). The van der Waals surface area contributed by atoms with Gasteiger partial charge in [-0.2, -0.15) is 0 Å². The molecule has 0 unspecified atom stereocenters. The number of carbonyl (C=O) groups is 2. The van der Waals surface area contributed by atoms with Crippen molar-refractivity contribution in [3.63, 3.8) is 0 Å². The van der Waals surface area contributed by atoms with E-state index < -0.39 is 17.3 Å². The molecule has 0 aromatic rings. The summed E-state index contributed by atoms with van der Waals surface area (Å²) in [5, 5.41) is 2.62. The lowest BCUT2D eigenvalue weighted by Crippen LogP contribution is -2.50. The zero-order valence-electron chi connectivity index (χ0n) is 11.2. The van der Waals surface area contributed by atoms with Gasteiger partial charge in [0, 0.05) is 19.0 Å². The van der Waals surface area contributed by atoms with Crippen LogP contribution < -0.4 is 5.32 Å². The molecule has 6 nitrogen and oxygen atoms in total. The van der Waals surface area contributed by atoms with Crippen LogP contribution in [0, 0.1) is 11.3 Å². The first-order chi connectivity index (χ1) is 9.08. The summed E-state index contributed by atoms with van der Waals surface area (Å²) in [5.41, 5.74) is -1.01. The summed E-state index contributed by atoms with van der Waals surface area (Å²) in [7, 11) is 4.36. The van der Waals surface area contributed by atoms with E-state index in [0.717, 1.165) is 0 Å². The van der Waals surface area contributed by atoms with E-state index in [0.29, 0.717) is 17.9 Å². The summed E-state index contributed by atoms with van der Waals surface area (Å²) in [5.74, 6) is -0.0225. The molecule has 0 radical (unpaired) electrons. The summed E-state index contributed by atoms with van der Waals surface area (Å²) in [6, 6.07) is 0. The van der Waals surface area contributed by atoms with E-state index in [-0.39, 0.29) is 12.3 Å². The van der Waals surface area contributed by atoms with Gasteiger partial charge in [-0.3, -0.25) is 9.59 Å². The molecule has 0 saturated carbocycles. The van der Waals surface area contributed by atoms with Crippen LogP contribution in [0.4, 0.5) is 0 Å². The third kappa shape index (κ3) is 1.97. The number of hydrogen-bond acceptors (Lipinski definition) is 5. The molecule has 1 heterocycles. The summed E-state index contributed by atoms with van der Waals surface area (Å²) in [4.78, 5) is 24.2. The molecule has 1 aliphatic carbocycles. The van der Waals surface area contributed by atoms with Gasteiger partial charge in [-0.05, 0) is 6.08 Å². The smallest absolute Gasteiger partial charge is 0.317 e. The van der Waals surface area contributed by atoms with Crippen molar-refractivity contribution in [2.75, 3.05) is 21.3 Å². The SMILES string of the molecule is COC(=O)[C@@]12C=CNC(=O)[C@H]1CC(OC)=C(OC)C2. The Morgan fingerprint density at radius 3 is 2.58 bits per heavy atom. The highest BCUT2D eigenvalue weighted by molar-refractivity contribution is 5.92. The van der Waals surface area contributed by atoms with Crippen LogP contribution in [-0.2, 0) is 23.8 Å². The van der Waals surface area contributed by atoms with Gasteiger partial charge in [0.25, 0.3) is 0 Å². The van der Waals surface area contributed by atoms with E-state index in [1.165, 1.54) is 27.5 Å². The van der Waals surface area contributed by atoms with E-state index in [2.05, 4.69) is 5.32 Å². The zero-order chi connectivity index (χ0) is 14.0. The van der Waals surface area contributed by atoms with Gasteiger partial charge in [0.1, 0.15) is 16.9 Å². The number of amides is 1. The summed E-state index contributed by atoms with van der Waals surface area (Å²) in [6.45, 7) is 0. The number of hydrogen-bond donors (Lipinski definition) is 1. The van der Waals surface area contributed by atoms with Crippen LogP contribution >= 0.6 is 0 Å². The highest BCUT2D eigenvalue weighted by atomic mass is 16.5. The number of fused-ring (bicyclic) bond motifs is 1. The van der Waals surface area contributed by atoms with Gasteiger partial charge in [-0.15, -0.1) is 0 Å². The van der Waals surface area contributed by atoms with Crippen LogP contribution in [0.3, 0.4) is 0 Å². The van der Waals surface area contributed by atoms with Crippen LogP contribution in [0.15, 0.2) is 23.8 Å². The Labute approximate surface area is 111 Å². The molecule has 0 fully saturated rings. The topological polar surface area (TPSA) is 73.9 Å². The Kier molecular flexibility index (Phi) is 3.50. The van der Waals surface area contributed by atoms with E-state index in [4.69, 9.17) is 14.2 Å². The van der Waals surface area contributed by atoms with Gasteiger partial charge in [0.2, 0.25) is 5.91 Å². The van der Waals surface area contributed by atoms with Crippen molar-refractivity contribution in [1.82, 2.24) is 5.32 Å². The van der Waals surface area contributed by atoms with Crippen molar-refractivity contribution >= 4 is 11.9 Å². The van der Waals surface area contributed by atoms with Crippen molar-refractivity contribution in [2.24, 2.45) is 11.3 Å². The van der Waals surface area contributed by atoms with Crippen LogP contribution in [0.25, 0.3) is 0 Å². The monoisotopic (exact) mass is 267 g/mol. The second kappa shape index (κ2) is 4.95. The molecule has 0 saturated heterocycles. The Morgan fingerprint density at radius 2 is 2.00 bits per heavy atom. The molecule has 1 amide bonds. The van der Waals surface area contributed by atoms with Gasteiger partial charge in [0.05, 0.1) is 27.2 Å². The van der Waals surface area contributed by atoms with Crippen molar-refractivity contribution in [3.8, 4) is 0 Å². The molecule has 19 heavy (non-hydrogen) atoms. The lowest BCUT2D eigenvalue weighted by atomic mass is 9.66. The quantitative estimate of drug-likeness (QED) is 0.762. The lowest BCUT2D eigenvalue weighted by Gasteiger charge is -2.41. The molecule has 104 valence electrons. The summed E-state index contributed by atoms with van der Waals surface area (Å²) in [6.07, 6.45) is 3.73. The second-order valence-electron chi connectivity index (χ2n) is 4.56. The molecular formula is C13H17NO5. The minimum Gasteiger partial charge on any atom is -0.498 e. The van der Waals surface area contributed by atoms with Crippen molar-refractivity contribution in [2.45, 2.75) is 12.8 Å². The van der Waals surface area contributed by atoms with Crippen LogP contribution in [0.1, 0.15) is 12.8 Å². The maximum atomic E-state index is 12.2. The molecule has 0 spiro atoms. The third-order valence-electron chi connectivity index (χ3n) is 3.76. The van der Waals surface area contributed by atoms with Gasteiger partial charge in [0.15, 0.2) is 0 Å². The average molecular weight is 267 g/mol. The van der Waals surface area contributed by atoms with Crippen molar-refractivity contribution < 1.29 is 23.8 Å². The van der Waals surface area contributed by atoms with Gasteiger partial charge < -0.3 is 19.5 Å². The Bertz CT molecular complexity index is 468. The summed E-state index contributed by atoms with van der Waals surface area (Å²) >= 11 is 0. The zero-order valence-corrected chi connectivity index (χ0v) is 11.2. The summed E-state index contributed by atoms with van der Waals surface area (Å²) < 4.78 is 15.4. The van der Waals surface area contributed by atoms with Crippen LogP contribution in [-0.4, -0.2) is 33.2 Å². The highest BCUT2D eigenvalue weighted by Gasteiger charge is 2.54. The molecule has 0 bridgehead atoms. The van der Waals surface area contributed by atoms with Gasteiger partial charge in [-0.25, -0.2) is 0 Å². The first kappa shape index (κ1) is 13.5. The van der Waals surface area contributed by atoms with Gasteiger partial charge >= 0.3 is 5.97 Å². The standard InChI is InChI=1S/C13H17NO5/c1-17-9-6-8-11(15)14-5-4-13(8,12(16)19-3)7-10(9)18-2/h4-5,8H,6-7H2,1-3H3,(H,14,15)/t8-,13-/m1/s1. The first-order valence-corrected chi connectivity index (χ1v) is 5.95. The maximum Gasteiger partial charge on any atom is 0.317 e. The van der Waals surface area contributed by atoms with E-state index >= 15 is 0 Å². The molecule has 1 N–H and O–H groups in total. The predicted molar refractivity (Wildman–Crippen MR) is 65.5 cm³/mol. The van der Waals surface area contributed by atoms with E-state index in [1.807, 2.05) is 0 Å². The number of esters is 1. The largest absolute Gasteiger partial charge is 0.498 e. The molecule has 2 aliphatic rings. The van der Waals surface area contributed by atoms with Crippen molar-refractivity contribution in [3.05, 3.63) is 23.8 Å². The minimum atomic E-state index is -1.01. The normalized spacial score (nSPS) is 29.4. The maximum absolute atomic E-state index is 12.2. The first-order valence-electron chi connectivity index (χ1n) is 5.95. The molecule has 0 aromatic carbocycles. The molecule has 0 aromatic heterocycles. The number of nitrogens with one attached hydrogen (secondary N) is 1. The van der Waals surface area contributed by atoms with Crippen LogP contribution in [0.2, 0.25) is 0 Å². The van der Waals surface area contributed by atoms with E-state index in [1.54, 1.807) is 6.08 Å². The molecule has 2 atom stereocenters. The Hall–Kier alpha value is -1.98. The highest BCUT2D eigenvalue weighted by Crippen LogP contribution is 2.47. The second-order valence-corrected chi connectivity index (χ2v) is 4.56. The molecular weight excluding hydrogens is 250 g/mol.